The molecule has 3 atom stereocenters. The summed E-state index contributed by atoms with van der Waals surface area (Å²) in [4.78, 5) is 44.0. The summed E-state index contributed by atoms with van der Waals surface area (Å²) in [5.74, 6) is -2.53. The lowest BCUT2D eigenvalue weighted by Gasteiger charge is -2.31. The Morgan fingerprint density at radius 3 is 2.54 bits per heavy atom. The summed E-state index contributed by atoms with van der Waals surface area (Å²) in [6, 6.07) is 17.3. The summed E-state index contributed by atoms with van der Waals surface area (Å²) in [6.07, 6.45) is -4.64. The van der Waals surface area contributed by atoms with Crippen LogP contribution in [-0.4, -0.2) is 22.0 Å². The lowest BCUT2D eigenvalue weighted by molar-refractivity contribution is -0.137. The number of carbonyl (C=O) groups excluding carboxylic acids is 2. The first-order chi connectivity index (χ1) is 19.5. The number of anilines is 1. The third-order valence-electron chi connectivity index (χ3n) is 7.21. The molecule has 3 aromatic carbocycles. The average Bonchev–Trinajstić information content (AvgIpc) is 3.42. The Hall–Kier alpha value is -3.35. The SMILES string of the molecule is Cc1ccccc1COc1ccc(Br)cc1[C@@H]1c2sc(=O)[nH]c2S[C@H]2C(=O)N(c3cccc(C(F)(F)F)c3)C(=O)[C@@H]12. The van der Waals surface area contributed by atoms with Gasteiger partial charge in [-0.2, -0.15) is 13.2 Å². The lowest BCUT2D eigenvalue weighted by atomic mass is 9.82. The molecule has 1 saturated heterocycles. The first-order valence-electron chi connectivity index (χ1n) is 12.4. The Morgan fingerprint density at radius 1 is 1.00 bits per heavy atom. The van der Waals surface area contributed by atoms with Crippen LogP contribution < -0.4 is 14.5 Å². The minimum Gasteiger partial charge on any atom is -0.489 e. The highest BCUT2D eigenvalue weighted by Crippen LogP contribution is 2.55. The number of H-pyrrole nitrogens is 1. The van der Waals surface area contributed by atoms with Gasteiger partial charge in [0.15, 0.2) is 0 Å². The number of fused-ring (bicyclic) bond motifs is 2. The highest BCUT2D eigenvalue weighted by atomic mass is 79.9. The number of hydrogen-bond acceptors (Lipinski definition) is 6. The van der Waals surface area contributed by atoms with E-state index in [2.05, 4.69) is 20.9 Å². The maximum Gasteiger partial charge on any atom is 0.416 e. The van der Waals surface area contributed by atoms with Crippen LogP contribution in [0.25, 0.3) is 0 Å². The molecule has 0 unspecified atom stereocenters. The average molecular weight is 662 g/mol. The molecule has 6 nitrogen and oxygen atoms in total. The predicted molar refractivity (Wildman–Crippen MR) is 154 cm³/mol. The number of carbonyl (C=O) groups is 2. The monoisotopic (exact) mass is 660 g/mol. The molecule has 2 aliphatic heterocycles. The number of aryl methyl sites for hydroxylation is 1. The number of rotatable bonds is 5. The van der Waals surface area contributed by atoms with Crippen molar-refractivity contribution in [1.82, 2.24) is 4.98 Å². The molecule has 41 heavy (non-hydrogen) atoms. The number of alkyl halides is 3. The fraction of sp³-hybridized carbons (Fsp3) is 0.207. The Morgan fingerprint density at radius 2 is 1.78 bits per heavy atom. The van der Waals surface area contributed by atoms with E-state index in [0.29, 0.717) is 25.7 Å². The van der Waals surface area contributed by atoms with E-state index in [1.165, 1.54) is 12.1 Å². The van der Waals surface area contributed by atoms with Gasteiger partial charge in [0.05, 0.1) is 22.2 Å². The summed E-state index contributed by atoms with van der Waals surface area (Å²) >= 11 is 5.50. The standard InChI is InChI=1S/C29H20BrF3N2O4S2/c1-14-5-2-3-6-15(14)13-39-20-10-9-17(30)12-19(20)21-22-24(40-25-23(21)41-28(38)34-25)27(37)35(26(22)36)18-8-4-7-16(11-18)29(31,32)33/h2-12,21-22,24H,13H2,1H3,(H,34,38)/t21-,22-,24+/m0/s1. The van der Waals surface area contributed by atoms with Crippen LogP contribution in [0.2, 0.25) is 0 Å². The van der Waals surface area contributed by atoms with Gasteiger partial charge in [0.25, 0.3) is 0 Å². The van der Waals surface area contributed by atoms with E-state index in [4.69, 9.17) is 4.74 Å². The highest BCUT2D eigenvalue weighted by molar-refractivity contribution is 9.10. The Labute approximate surface area is 248 Å². The van der Waals surface area contributed by atoms with Crippen molar-refractivity contribution in [2.75, 3.05) is 4.90 Å². The molecule has 0 aliphatic carbocycles. The van der Waals surface area contributed by atoms with Crippen molar-refractivity contribution in [3.05, 3.63) is 108 Å². The molecule has 0 bridgehead atoms. The number of amides is 2. The first kappa shape index (κ1) is 27.8. The molecule has 1 aromatic heterocycles. The quantitative estimate of drug-likeness (QED) is 0.236. The van der Waals surface area contributed by atoms with Crippen LogP contribution >= 0.6 is 39.0 Å². The Balaban J connectivity index is 1.45. The molecule has 0 spiro atoms. The van der Waals surface area contributed by atoms with Gasteiger partial charge in [0.2, 0.25) is 11.8 Å². The van der Waals surface area contributed by atoms with E-state index in [-0.39, 0.29) is 17.2 Å². The van der Waals surface area contributed by atoms with E-state index >= 15 is 0 Å². The van der Waals surface area contributed by atoms with Crippen LogP contribution in [-0.2, 0) is 22.4 Å². The van der Waals surface area contributed by atoms with Crippen molar-refractivity contribution >= 4 is 56.5 Å². The van der Waals surface area contributed by atoms with Crippen LogP contribution in [0.1, 0.15) is 33.0 Å². The molecule has 2 aliphatic rings. The number of benzene rings is 3. The summed E-state index contributed by atoms with van der Waals surface area (Å²) in [6.45, 7) is 2.22. The largest absolute Gasteiger partial charge is 0.489 e. The first-order valence-corrected chi connectivity index (χ1v) is 14.9. The summed E-state index contributed by atoms with van der Waals surface area (Å²) < 4.78 is 47.3. The van der Waals surface area contributed by atoms with Crippen LogP contribution in [0, 0.1) is 12.8 Å². The number of aromatic amines is 1. The highest BCUT2D eigenvalue weighted by Gasteiger charge is 2.57. The molecular formula is C29H20BrF3N2O4S2. The minimum absolute atomic E-state index is 0.148. The number of aromatic nitrogens is 1. The summed E-state index contributed by atoms with van der Waals surface area (Å²) in [5.41, 5.74) is 1.49. The third-order valence-corrected chi connectivity index (χ3v) is 10.1. The van der Waals surface area contributed by atoms with Gasteiger partial charge in [-0.25, -0.2) is 4.90 Å². The molecule has 210 valence electrons. The van der Waals surface area contributed by atoms with E-state index in [0.717, 1.165) is 51.3 Å². The zero-order valence-electron chi connectivity index (χ0n) is 21.2. The number of ether oxygens (including phenoxy) is 1. The van der Waals surface area contributed by atoms with Gasteiger partial charge in [-0.1, -0.05) is 69.4 Å². The smallest absolute Gasteiger partial charge is 0.416 e. The van der Waals surface area contributed by atoms with E-state index in [1.807, 2.05) is 31.2 Å². The maximum absolute atomic E-state index is 14.0. The van der Waals surface area contributed by atoms with Gasteiger partial charge in [-0.05, 0) is 54.4 Å². The fourth-order valence-corrected chi connectivity index (χ4v) is 8.13. The number of nitrogens with zero attached hydrogens (tertiary/aromatic N) is 1. The summed E-state index contributed by atoms with van der Waals surface area (Å²) in [7, 11) is 0. The topological polar surface area (TPSA) is 79.5 Å². The van der Waals surface area contributed by atoms with Crippen LogP contribution in [0.5, 0.6) is 5.75 Å². The van der Waals surface area contributed by atoms with E-state index in [9.17, 15) is 27.6 Å². The molecule has 0 saturated carbocycles. The van der Waals surface area contributed by atoms with Gasteiger partial charge < -0.3 is 9.72 Å². The van der Waals surface area contributed by atoms with Gasteiger partial charge in [0.1, 0.15) is 17.6 Å². The molecule has 4 aromatic rings. The van der Waals surface area contributed by atoms with Crippen molar-refractivity contribution in [3.63, 3.8) is 0 Å². The molecule has 1 fully saturated rings. The van der Waals surface area contributed by atoms with Gasteiger partial charge >= 0.3 is 11.0 Å². The molecule has 0 radical (unpaired) electrons. The second kappa shape index (κ2) is 10.5. The maximum atomic E-state index is 14.0. The van der Waals surface area contributed by atoms with Crippen LogP contribution in [0.4, 0.5) is 18.9 Å². The van der Waals surface area contributed by atoms with Crippen molar-refractivity contribution in [2.24, 2.45) is 5.92 Å². The second-order valence-corrected chi connectivity index (χ2v) is 12.8. The van der Waals surface area contributed by atoms with Gasteiger partial charge in [0, 0.05) is 20.8 Å². The molecule has 2 amide bonds. The number of thiazole rings is 1. The zero-order valence-corrected chi connectivity index (χ0v) is 24.4. The number of thioether (sulfide) groups is 1. The predicted octanol–water partition coefficient (Wildman–Crippen LogP) is 6.90. The fourth-order valence-electron chi connectivity index (χ4n) is 5.25. The van der Waals surface area contributed by atoms with Crippen molar-refractivity contribution in [2.45, 2.75) is 35.9 Å². The van der Waals surface area contributed by atoms with Gasteiger partial charge in [-0.3, -0.25) is 14.4 Å². The normalized spacial score (nSPS) is 20.2. The zero-order chi connectivity index (χ0) is 29.1. The third kappa shape index (κ3) is 5.02. The van der Waals surface area contributed by atoms with E-state index in [1.54, 1.807) is 18.2 Å². The Kier molecular flexibility index (Phi) is 7.11. The number of halogens is 4. The van der Waals surface area contributed by atoms with Crippen molar-refractivity contribution < 1.29 is 27.5 Å². The van der Waals surface area contributed by atoms with Crippen LogP contribution in [0.15, 0.2) is 81.0 Å². The van der Waals surface area contributed by atoms with Crippen molar-refractivity contribution in [1.29, 1.82) is 0 Å². The minimum atomic E-state index is -4.64. The second-order valence-electron chi connectivity index (χ2n) is 9.71. The summed E-state index contributed by atoms with van der Waals surface area (Å²) in [5, 5.41) is -0.494. The molecule has 3 heterocycles. The van der Waals surface area contributed by atoms with Gasteiger partial charge in [-0.15, -0.1) is 0 Å². The number of imide groups is 1. The molecular weight excluding hydrogens is 641 g/mol. The lowest BCUT2D eigenvalue weighted by Crippen LogP contribution is -2.32. The molecule has 6 rings (SSSR count). The van der Waals surface area contributed by atoms with Crippen molar-refractivity contribution in [3.8, 4) is 5.75 Å². The number of hydrogen-bond donors (Lipinski definition) is 1. The molecule has 1 N–H and O–H groups in total. The molecule has 12 heteroatoms. The van der Waals surface area contributed by atoms with Crippen LogP contribution in [0.3, 0.4) is 0 Å². The van der Waals surface area contributed by atoms with E-state index < -0.39 is 40.6 Å². The Bertz CT molecular complexity index is 1750. The number of nitrogens with one attached hydrogen (secondary N) is 1.